The number of amides is 1. The number of rotatable bonds is 5. The Morgan fingerprint density at radius 2 is 2.06 bits per heavy atom. The number of carbonyl (C=O) groups is 1. The summed E-state index contributed by atoms with van der Waals surface area (Å²) in [6.07, 6.45) is 8.34. The molecule has 32 heavy (non-hydrogen) atoms. The summed E-state index contributed by atoms with van der Waals surface area (Å²) < 4.78 is 12.6. The minimum Gasteiger partial charge on any atom is -0.497 e. The maximum atomic E-state index is 13.0. The minimum atomic E-state index is -0.0957. The van der Waals surface area contributed by atoms with Gasteiger partial charge in [-0.1, -0.05) is 6.07 Å². The number of nitrogens with one attached hydrogen (secondary N) is 1. The van der Waals surface area contributed by atoms with Crippen LogP contribution in [0.25, 0.3) is 17.2 Å². The van der Waals surface area contributed by atoms with Gasteiger partial charge in [-0.25, -0.2) is 14.6 Å². The molecule has 0 radical (unpaired) electrons. The van der Waals surface area contributed by atoms with E-state index in [0.717, 1.165) is 60.4 Å². The monoisotopic (exact) mass is 431 g/mol. The van der Waals surface area contributed by atoms with Crippen molar-refractivity contribution in [2.45, 2.75) is 44.1 Å². The lowest BCUT2D eigenvalue weighted by atomic mass is 9.90. The van der Waals surface area contributed by atoms with Crippen LogP contribution in [0.2, 0.25) is 0 Å². The third-order valence-corrected chi connectivity index (χ3v) is 6.56. The van der Waals surface area contributed by atoms with Crippen molar-refractivity contribution in [1.82, 2.24) is 25.1 Å². The van der Waals surface area contributed by atoms with Gasteiger partial charge in [0.15, 0.2) is 0 Å². The van der Waals surface area contributed by atoms with Crippen LogP contribution in [0.4, 0.5) is 0 Å². The van der Waals surface area contributed by atoms with E-state index in [0.29, 0.717) is 30.6 Å². The Bertz CT molecular complexity index is 1190. The van der Waals surface area contributed by atoms with Gasteiger partial charge >= 0.3 is 0 Å². The predicted molar refractivity (Wildman–Crippen MR) is 117 cm³/mol. The van der Waals surface area contributed by atoms with Gasteiger partial charge in [0.2, 0.25) is 0 Å². The summed E-state index contributed by atoms with van der Waals surface area (Å²) >= 11 is 0. The van der Waals surface area contributed by atoms with Crippen LogP contribution >= 0.6 is 0 Å². The van der Waals surface area contributed by atoms with Crippen molar-refractivity contribution in [1.29, 1.82) is 0 Å². The molecule has 1 amide bonds. The maximum Gasteiger partial charge on any atom is 0.255 e. The standard InChI is InChI=1S/C24H25N5O3/c1-31-18-7-6-14-2-5-16-11-25-24(28-21(16)19(14)10-18)29-22(15-3-4-15)20(12-26-29)23(30)27-17-8-9-32-13-17/h6-7,10-12,15,17H,2-5,8-9,13H2,1H3,(H,27,30). The molecule has 8 nitrogen and oxygen atoms in total. The van der Waals surface area contributed by atoms with Crippen molar-refractivity contribution in [3.8, 4) is 23.0 Å². The van der Waals surface area contributed by atoms with E-state index in [4.69, 9.17) is 14.5 Å². The zero-order valence-corrected chi connectivity index (χ0v) is 18.0. The first-order valence-electron chi connectivity index (χ1n) is 11.2. The molecular formula is C24H25N5O3. The Morgan fingerprint density at radius 3 is 2.84 bits per heavy atom. The lowest BCUT2D eigenvalue weighted by Crippen LogP contribution is -2.35. The Kier molecular flexibility index (Phi) is 4.68. The normalized spacial score (nSPS) is 19.3. The summed E-state index contributed by atoms with van der Waals surface area (Å²) in [6.45, 7) is 1.25. The Hall–Kier alpha value is -3.26. The predicted octanol–water partition coefficient (Wildman–Crippen LogP) is 2.83. The second kappa shape index (κ2) is 7.70. The fraction of sp³-hybridized carbons (Fsp3) is 0.417. The van der Waals surface area contributed by atoms with Gasteiger partial charge in [-0.15, -0.1) is 0 Å². The molecule has 6 rings (SSSR count). The molecule has 2 fully saturated rings. The van der Waals surface area contributed by atoms with Crippen molar-refractivity contribution < 1.29 is 14.3 Å². The van der Waals surface area contributed by atoms with Gasteiger partial charge in [0.05, 0.1) is 42.9 Å². The molecule has 164 valence electrons. The molecule has 1 unspecified atom stereocenters. The van der Waals surface area contributed by atoms with Crippen LogP contribution in [-0.2, 0) is 17.6 Å². The van der Waals surface area contributed by atoms with E-state index in [9.17, 15) is 4.79 Å². The van der Waals surface area contributed by atoms with Crippen molar-refractivity contribution in [3.63, 3.8) is 0 Å². The molecule has 1 saturated carbocycles. The number of carbonyl (C=O) groups excluding carboxylic acids is 1. The lowest BCUT2D eigenvalue weighted by Gasteiger charge is -2.20. The van der Waals surface area contributed by atoms with Gasteiger partial charge in [-0.3, -0.25) is 4.79 Å². The molecule has 0 bridgehead atoms. The van der Waals surface area contributed by atoms with Crippen molar-refractivity contribution in [2.24, 2.45) is 0 Å². The summed E-state index contributed by atoms with van der Waals surface area (Å²) in [5, 5.41) is 7.64. The van der Waals surface area contributed by atoms with Crippen LogP contribution < -0.4 is 10.1 Å². The zero-order valence-electron chi connectivity index (χ0n) is 18.0. The molecule has 1 aliphatic heterocycles. The molecule has 3 aromatic rings. The van der Waals surface area contributed by atoms with Crippen LogP contribution in [0.15, 0.2) is 30.6 Å². The summed E-state index contributed by atoms with van der Waals surface area (Å²) in [5.74, 6) is 1.53. The first-order valence-corrected chi connectivity index (χ1v) is 11.2. The first kappa shape index (κ1) is 19.4. The van der Waals surface area contributed by atoms with Gasteiger partial charge in [0.25, 0.3) is 11.9 Å². The van der Waals surface area contributed by atoms with Gasteiger partial charge in [-0.2, -0.15) is 5.10 Å². The second-order valence-corrected chi connectivity index (χ2v) is 8.73. The zero-order chi connectivity index (χ0) is 21.7. The highest BCUT2D eigenvalue weighted by Crippen LogP contribution is 2.42. The average Bonchev–Trinajstić information content (AvgIpc) is 3.35. The summed E-state index contributed by atoms with van der Waals surface area (Å²) in [5.41, 5.74) is 5.89. The number of nitrogens with zero attached hydrogens (tertiary/aromatic N) is 4. The number of methoxy groups -OCH3 is 1. The van der Waals surface area contributed by atoms with E-state index in [2.05, 4.69) is 21.5 Å². The molecular weight excluding hydrogens is 406 g/mol. The Labute approximate surface area is 186 Å². The highest BCUT2D eigenvalue weighted by Gasteiger charge is 2.34. The Balaban J connectivity index is 1.39. The number of benzene rings is 1. The van der Waals surface area contributed by atoms with E-state index in [1.54, 1.807) is 18.0 Å². The summed E-state index contributed by atoms with van der Waals surface area (Å²) in [7, 11) is 1.67. The van der Waals surface area contributed by atoms with E-state index in [1.165, 1.54) is 5.56 Å². The second-order valence-electron chi connectivity index (χ2n) is 8.73. The first-order chi connectivity index (χ1) is 15.7. The van der Waals surface area contributed by atoms with Crippen LogP contribution in [-0.4, -0.2) is 52.0 Å². The number of hydrogen-bond donors (Lipinski definition) is 1. The van der Waals surface area contributed by atoms with Gasteiger partial charge in [-0.05, 0) is 55.4 Å². The number of aryl methyl sites for hydroxylation is 2. The summed E-state index contributed by atoms with van der Waals surface area (Å²) in [4.78, 5) is 22.6. The number of aromatic nitrogens is 4. The van der Waals surface area contributed by atoms with Crippen LogP contribution in [0.5, 0.6) is 5.75 Å². The third-order valence-electron chi connectivity index (χ3n) is 6.56. The van der Waals surface area contributed by atoms with Gasteiger partial charge < -0.3 is 14.8 Å². The number of hydrogen-bond acceptors (Lipinski definition) is 6. The van der Waals surface area contributed by atoms with Crippen molar-refractivity contribution in [2.75, 3.05) is 20.3 Å². The smallest absolute Gasteiger partial charge is 0.255 e. The van der Waals surface area contributed by atoms with Crippen LogP contribution in [0.1, 0.15) is 52.4 Å². The Morgan fingerprint density at radius 1 is 1.19 bits per heavy atom. The van der Waals surface area contributed by atoms with E-state index in [-0.39, 0.29) is 11.9 Å². The molecule has 1 saturated heterocycles. The molecule has 1 N–H and O–H groups in total. The van der Waals surface area contributed by atoms with E-state index in [1.807, 2.05) is 18.3 Å². The van der Waals surface area contributed by atoms with Crippen LogP contribution in [0, 0.1) is 0 Å². The quantitative estimate of drug-likeness (QED) is 0.668. The molecule has 1 atom stereocenters. The summed E-state index contributed by atoms with van der Waals surface area (Å²) in [6, 6.07) is 6.20. The molecule has 1 aromatic carbocycles. The van der Waals surface area contributed by atoms with Gasteiger partial charge in [0, 0.05) is 24.3 Å². The van der Waals surface area contributed by atoms with Crippen LogP contribution in [0.3, 0.4) is 0 Å². The minimum absolute atomic E-state index is 0.0596. The maximum absolute atomic E-state index is 13.0. The van der Waals surface area contributed by atoms with Crippen molar-refractivity contribution >= 4 is 5.91 Å². The third kappa shape index (κ3) is 3.35. The molecule has 0 spiro atoms. The van der Waals surface area contributed by atoms with E-state index < -0.39 is 0 Å². The largest absolute Gasteiger partial charge is 0.497 e. The highest BCUT2D eigenvalue weighted by molar-refractivity contribution is 5.95. The molecule has 2 aromatic heterocycles. The lowest BCUT2D eigenvalue weighted by molar-refractivity contribution is 0.0929. The fourth-order valence-corrected chi connectivity index (χ4v) is 4.66. The van der Waals surface area contributed by atoms with Crippen molar-refractivity contribution in [3.05, 3.63) is 53.0 Å². The molecule has 2 aliphatic carbocycles. The highest BCUT2D eigenvalue weighted by atomic mass is 16.5. The average molecular weight is 431 g/mol. The molecule has 3 heterocycles. The van der Waals surface area contributed by atoms with E-state index >= 15 is 0 Å². The molecule has 8 heteroatoms. The SMILES string of the molecule is COc1ccc2c(c1)-c1nc(-n3ncc(C(=O)NC4CCOC4)c3C3CC3)ncc1CC2. The number of ether oxygens (including phenoxy) is 2. The van der Waals surface area contributed by atoms with Gasteiger partial charge in [0.1, 0.15) is 5.75 Å². The fourth-order valence-electron chi connectivity index (χ4n) is 4.66. The topological polar surface area (TPSA) is 91.2 Å². The molecule has 3 aliphatic rings. The number of fused-ring (bicyclic) bond motifs is 3.